The summed E-state index contributed by atoms with van der Waals surface area (Å²) in [7, 11) is 0. The number of hydrogen-bond acceptors (Lipinski definition) is 1. The van der Waals surface area contributed by atoms with E-state index in [0.29, 0.717) is 6.61 Å². The molecule has 1 aliphatic carbocycles. The molecule has 0 saturated carbocycles. The zero-order valence-electron chi connectivity index (χ0n) is 12.5. The molecule has 1 nitrogen and oxygen atoms in total. The van der Waals surface area contributed by atoms with E-state index in [-0.39, 0.29) is 32.7 Å². The number of rotatable bonds is 3. The number of fused-ring (bicyclic) bond motifs is 1. The van der Waals surface area contributed by atoms with Crippen molar-refractivity contribution < 1.29 is 37.4 Å². The van der Waals surface area contributed by atoms with E-state index in [1.165, 1.54) is 28.7 Å². The molecule has 0 aromatic heterocycles. The molecule has 2 aromatic carbocycles. The predicted molar refractivity (Wildman–Crippen MR) is 82.8 cm³/mol. The van der Waals surface area contributed by atoms with E-state index >= 15 is 0 Å². The van der Waals surface area contributed by atoms with Crippen molar-refractivity contribution in [2.24, 2.45) is 0 Å². The van der Waals surface area contributed by atoms with Gasteiger partial charge in [0.2, 0.25) is 0 Å². The molecule has 0 aliphatic heterocycles. The second kappa shape index (κ2) is 7.38. The minimum Gasteiger partial charge on any atom is -0.491 e. The van der Waals surface area contributed by atoms with Crippen LogP contribution in [-0.4, -0.2) is 0 Å². The Balaban J connectivity index is 0.00000161. The van der Waals surface area contributed by atoms with Crippen molar-refractivity contribution >= 4 is 5.57 Å². The normalized spacial score (nSPS) is 13.3. The van der Waals surface area contributed by atoms with Gasteiger partial charge in [-0.05, 0) is 48.1 Å². The third kappa shape index (κ3) is 4.05. The number of benzene rings is 2. The van der Waals surface area contributed by atoms with Crippen molar-refractivity contribution in [3.63, 3.8) is 0 Å². The van der Waals surface area contributed by atoms with Crippen LogP contribution in [0.1, 0.15) is 35.1 Å². The third-order valence-corrected chi connectivity index (χ3v) is 3.80. The van der Waals surface area contributed by atoms with E-state index < -0.39 is 0 Å². The summed E-state index contributed by atoms with van der Waals surface area (Å²) < 4.78 is 5.89. The van der Waals surface area contributed by atoms with Crippen molar-refractivity contribution in [3.8, 4) is 5.75 Å². The van der Waals surface area contributed by atoms with Gasteiger partial charge in [-0.2, -0.15) is 29.8 Å². The molecule has 0 saturated heterocycles. The minimum absolute atomic E-state index is 0. The summed E-state index contributed by atoms with van der Waals surface area (Å²) in [5, 5.41) is 0. The molecule has 2 aromatic rings. The number of ether oxygens (including phenoxy) is 1. The zero-order chi connectivity index (χ0) is 13.9. The van der Waals surface area contributed by atoms with Gasteiger partial charge in [-0.25, -0.2) is 0 Å². The summed E-state index contributed by atoms with van der Waals surface area (Å²) >= 11 is 0. The summed E-state index contributed by atoms with van der Waals surface area (Å²) in [5.74, 6) is 0.918. The Hall–Kier alpha value is -0.916. The fourth-order valence-corrected chi connectivity index (χ4v) is 2.71. The molecule has 1 radical (unpaired) electrons. The summed E-state index contributed by atoms with van der Waals surface area (Å²) in [6.07, 6.45) is 3.46. The molecule has 0 unspecified atom stereocenters. The monoisotopic (exact) mass is 352 g/mol. The van der Waals surface area contributed by atoms with Crippen molar-refractivity contribution in [2.75, 3.05) is 0 Å². The largest absolute Gasteiger partial charge is 0.491 e. The molecule has 0 bridgehead atoms. The predicted octanol–water partition coefficient (Wildman–Crippen LogP) is 4.72. The van der Waals surface area contributed by atoms with Gasteiger partial charge in [0, 0.05) is 32.7 Å². The molecule has 0 fully saturated rings. The van der Waals surface area contributed by atoms with Crippen molar-refractivity contribution in [1.29, 1.82) is 0 Å². The standard InChI is InChI=1S/C19H19O.Y/c1-14-5-3-7-16(11-14)13-20-18-10-9-17-8-4-6-15(2)19(17)12-18;/h3,5,9-12H,2,4,6,8,13H2,1H3;/q-1;. The summed E-state index contributed by atoms with van der Waals surface area (Å²) in [5.41, 5.74) is 6.24. The van der Waals surface area contributed by atoms with Gasteiger partial charge in [0.15, 0.2) is 0 Å². The number of hydrogen-bond donors (Lipinski definition) is 0. The Morgan fingerprint density at radius 2 is 2.05 bits per heavy atom. The Labute approximate surface area is 152 Å². The topological polar surface area (TPSA) is 9.23 Å². The fraction of sp³-hybridized carbons (Fsp3) is 0.263. The van der Waals surface area contributed by atoms with E-state index in [2.05, 4.69) is 43.8 Å². The van der Waals surface area contributed by atoms with E-state index in [9.17, 15) is 0 Å². The van der Waals surface area contributed by atoms with E-state index in [1.54, 1.807) is 0 Å². The van der Waals surface area contributed by atoms with Crippen LogP contribution < -0.4 is 4.74 Å². The van der Waals surface area contributed by atoms with Crippen molar-refractivity contribution in [2.45, 2.75) is 32.8 Å². The second-order valence-corrected chi connectivity index (χ2v) is 5.46. The van der Waals surface area contributed by atoms with Crippen LogP contribution in [0.15, 0.2) is 43.0 Å². The van der Waals surface area contributed by atoms with Gasteiger partial charge in [0.25, 0.3) is 0 Å². The van der Waals surface area contributed by atoms with Crippen LogP contribution in [0, 0.1) is 13.0 Å². The maximum absolute atomic E-state index is 5.89. The summed E-state index contributed by atoms with van der Waals surface area (Å²) in [6, 6.07) is 15.7. The van der Waals surface area contributed by atoms with Gasteiger partial charge < -0.3 is 4.74 Å². The molecule has 2 heteroatoms. The van der Waals surface area contributed by atoms with Gasteiger partial charge in [-0.3, -0.25) is 0 Å². The van der Waals surface area contributed by atoms with Crippen LogP contribution in [0.25, 0.3) is 5.57 Å². The first-order valence-electron chi connectivity index (χ1n) is 7.13. The molecule has 0 spiro atoms. The molecule has 0 N–H and O–H groups in total. The first-order chi connectivity index (χ1) is 9.72. The van der Waals surface area contributed by atoms with Crippen LogP contribution >= 0.6 is 0 Å². The van der Waals surface area contributed by atoms with Gasteiger partial charge >= 0.3 is 0 Å². The van der Waals surface area contributed by atoms with E-state index in [0.717, 1.165) is 24.2 Å². The molecule has 3 rings (SSSR count). The minimum atomic E-state index is 0. The second-order valence-electron chi connectivity index (χ2n) is 5.46. The molecule has 0 atom stereocenters. The number of allylic oxidation sites excluding steroid dienone is 1. The number of aryl methyl sites for hydroxylation is 2. The molecular weight excluding hydrogens is 333 g/mol. The van der Waals surface area contributed by atoms with Crippen LogP contribution in [-0.2, 0) is 45.7 Å². The van der Waals surface area contributed by atoms with Crippen LogP contribution in [0.2, 0.25) is 0 Å². The zero-order valence-corrected chi connectivity index (χ0v) is 15.3. The Morgan fingerprint density at radius 3 is 2.86 bits per heavy atom. The molecule has 21 heavy (non-hydrogen) atoms. The van der Waals surface area contributed by atoms with Gasteiger partial charge in [-0.15, -0.1) is 5.56 Å². The first-order valence-corrected chi connectivity index (χ1v) is 7.13. The Morgan fingerprint density at radius 1 is 1.19 bits per heavy atom. The van der Waals surface area contributed by atoms with Crippen LogP contribution in [0.3, 0.4) is 0 Å². The van der Waals surface area contributed by atoms with Crippen LogP contribution in [0.4, 0.5) is 0 Å². The first kappa shape index (κ1) is 16.5. The van der Waals surface area contributed by atoms with Gasteiger partial charge in [0.05, 0.1) is 6.61 Å². The van der Waals surface area contributed by atoms with E-state index in [1.807, 2.05) is 12.1 Å². The molecule has 0 amide bonds. The van der Waals surface area contributed by atoms with E-state index in [4.69, 9.17) is 4.74 Å². The third-order valence-electron chi connectivity index (χ3n) is 3.80. The average molecular weight is 352 g/mol. The summed E-state index contributed by atoms with van der Waals surface area (Å²) in [4.78, 5) is 0. The molecular formula is C19H19OY-. The molecule has 1 aliphatic rings. The molecule has 0 heterocycles. The Bertz CT molecular complexity index is 646. The SMILES string of the molecule is C=C1CCCc2ccc(OCc3[c-]ccc(C)c3)cc21.[Y]. The maximum atomic E-state index is 5.89. The smallest absolute Gasteiger partial charge is 0.120 e. The van der Waals surface area contributed by atoms with Crippen LogP contribution in [0.5, 0.6) is 5.75 Å². The average Bonchev–Trinajstić information content (AvgIpc) is 2.46. The van der Waals surface area contributed by atoms with Gasteiger partial charge in [-0.1, -0.05) is 19.6 Å². The molecule has 105 valence electrons. The van der Waals surface area contributed by atoms with Crippen molar-refractivity contribution in [1.82, 2.24) is 0 Å². The quantitative estimate of drug-likeness (QED) is 0.727. The Kier molecular flexibility index (Phi) is 5.78. The van der Waals surface area contributed by atoms with Crippen molar-refractivity contribution in [3.05, 3.63) is 71.3 Å². The van der Waals surface area contributed by atoms with Gasteiger partial charge in [0.1, 0.15) is 5.75 Å². The maximum Gasteiger partial charge on any atom is 0.120 e. The summed E-state index contributed by atoms with van der Waals surface area (Å²) in [6.45, 7) is 6.81. The fourth-order valence-electron chi connectivity index (χ4n) is 2.71.